The van der Waals surface area contributed by atoms with Gasteiger partial charge in [0, 0.05) is 43.4 Å². The number of nitrogens with zero attached hydrogens (tertiary/aromatic N) is 3. The summed E-state index contributed by atoms with van der Waals surface area (Å²) in [4.78, 5) is 8.47. The van der Waals surface area contributed by atoms with Crippen molar-refractivity contribution in [1.29, 1.82) is 0 Å². The van der Waals surface area contributed by atoms with E-state index >= 15 is 0 Å². The van der Waals surface area contributed by atoms with Gasteiger partial charge in [0.05, 0.1) is 5.69 Å². The maximum absolute atomic E-state index is 4.73. The van der Waals surface area contributed by atoms with Crippen molar-refractivity contribution in [2.24, 2.45) is 5.92 Å². The van der Waals surface area contributed by atoms with Crippen LogP contribution in [-0.2, 0) is 6.54 Å². The molecule has 1 aliphatic heterocycles. The highest BCUT2D eigenvalue weighted by Crippen LogP contribution is 2.30. The molecule has 0 amide bonds. The van der Waals surface area contributed by atoms with E-state index in [4.69, 9.17) is 4.98 Å². The van der Waals surface area contributed by atoms with Crippen LogP contribution in [0.15, 0.2) is 17.8 Å². The molecule has 1 aliphatic carbocycles. The number of hydrogen-bond donors (Lipinski definition) is 1. The number of aromatic nitrogens is 2. The van der Waals surface area contributed by atoms with Gasteiger partial charge in [-0.1, -0.05) is 0 Å². The molecule has 1 saturated carbocycles. The van der Waals surface area contributed by atoms with Crippen LogP contribution in [0, 0.1) is 5.92 Å². The average Bonchev–Trinajstić information content (AvgIpc) is 2.81. The summed E-state index contributed by atoms with van der Waals surface area (Å²) < 4.78 is 2.14. The van der Waals surface area contributed by atoms with E-state index in [2.05, 4.69) is 32.4 Å². The molecule has 2 aliphatic rings. The molecule has 4 nitrogen and oxygen atoms in total. The second-order valence-electron chi connectivity index (χ2n) is 6.26. The fraction of sp³-hybridized carbons (Fsp3) is 0.667. The monoisotopic (exact) mass is 290 g/mol. The summed E-state index contributed by atoms with van der Waals surface area (Å²) in [6.07, 6.45) is 9.80. The highest BCUT2D eigenvalue weighted by molar-refractivity contribution is 7.15. The first-order valence-corrected chi connectivity index (χ1v) is 8.61. The molecule has 3 heterocycles. The number of rotatable bonds is 6. The maximum Gasteiger partial charge on any atom is 0.193 e. The standard InChI is InChI=1S/C15H22N4S/c1-2-13(16-5-1)9-18(8-12-3-4-12)10-14-11-19-6-7-20-15(19)17-14/h6-7,11-13,16H,1-5,8-10H2. The van der Waals surface area contributed by atoms with Crippen LogP contribution in [0.25, 0.3) is 4.96 Å². The number of imidazole rings is 1. The van der Waals surface area contributed by atoms with Crippen LogP contribution < -0.4 is 5.32 Å². The van der Waals surface area contributed by atoms with E-state index in [1.54, 1.807) is 11.3 Å². The van der Waals surface area contributed by atoms with E-state index in [9.17, 15) is 0 Å². The minimum absolute atomic E-state index is 0.692. The topological polar surface area (TPSA) is 32.6 Å². The summed E-state index contributed by atoms with van der Waals surface area (Å²) in [5, 5.41) is 5.72. The Morgan fingerprint density at radius 1 is 1.35 bits per heavy atom. The van der Waals surface area contributed by atoms with Crippen molar-refractivity contribution in [3.63, 3.8) is 0 Å². The summed E-state index contributed by atoms with van der Waals surface area (Å²) >= 11 is 1.72. The average molecular weight is 290 g/mol. The van der Waals surface area contributed by atoms with Gasteiger partial charge in [0.15, 0.2) is 4.96 Å². The van der Waals surface area contributed by atoms with Crippen LogP contribution in [0.3, 0.4) is 0 Å². The van der Waals surface area contributed by atoms with Gasteiger partial charge in [-0.15, -0.1) is 11.3 Å². The third-order valence-electron chi connectivity index (χ3n) is 4.38. The highest BCUT2D eigenvalue weighted by atomic mass is 32.1. The number of thiazole rings is 1. The Hall–Kier alpha value is -0.910. The lowest BCUT2D eigenvalue weighted by atomic mass is 10.2. The molecule has 1 unspecified atom stereocenters. The van der Waals surface area contributed by atoms with Crippen LogP contribution in [0.1, 0.15) is 31.4 Å². The fourth-order valence-corrected chi connectivity index (χ4v) is 3.89. The Morgan fingerprint density at radius 2 is 2.30 bits per heavy atom. The second kappa shape index (κ2) is 5.47. The number of fused-ring (bicyclic) bond motifs is 1. The highest BCUT2D eigenvalue weighted by Gasteiger charge is 2.26. The molecule has 2 fully saturated rings. The van der Waals surface area contributed by atoms with Gasteiger partial charge < -0.3 is 5.32 Å². The SMILES string of the molecule is c1cn2cc(CN(CC3CC3)CC3CCCN3)nc2s1. The van der Waals surface area contributed by atoms with Crippen molar-refractivity contribution in [3.05, 3.63) is 23.5 Å². The van der Waals surface area contributed by atoms with Gasteiger partial charge in [0.25, 0.3) is 0 Å². The molecular formula is C15H22N4S. The van der Waals surface area contributed by atoms with Crippen LogP contribution in [0.2, 0.25) is 0 Å². The summed E-state index contributed by atoms with van der Waals surface area (Å²) in [7, 11) is 0. The predicted octanol–water partition coefficient (Wildman–Crippen LogP) is 2.36. The Bertz CT molecular complexity index is 537. The molecule has 0 aromatic carbocycles. The van der Waals surface area contributed by atoms with Gasteiger partial charge in [0.2, 0.25) is 0 Å². The predicted molar refractivity (Wildman–Crippen MR) is 82.1 cm³/mol. The minimum atomic E-state index is 0.692. The van der Waals surface area contributed by atoms with E-state index in [0.29, 0.717) is 6.04 Å². The fourth-order valence-electron chi connectivity index (χ4n) is 3.17. The van der Waals surface area contributed by atoms with Gasteiger partial charge in [-0.05, 0) is 38.1 Å². The minimum Gasteiger partial charge on any atom is -0.313 e. The smallest absolute Gasteiger partial charge is 0.193 e. The molecule has 20 heavy (non-hydrogen) atoms. The molecule has 5 heteroatoms. The van der Waals surface area contributed by atoms with Crippen LogP contribution >= 0.6 is 11.3 Å². The molecule has 1 atom stereocenters. The van der Waals surface area contributed by atoms with Gasteiger partial charge in [-0.3, -0.25) is 9.30 Å². The van der Waals surface area contributed by atoms with Crippen LogP contribution in [-0.4, -0.2) is 40.0 Å². The molecule has 2 aromatic rings. The Kier molecular flexibility index (Phi) is 3.50. The molecule has 0 radical (unpaired) electrons. The lowest BCUT2D eigenvalue weighted by Crippen LogP contribution is -2.38. The molecular weight excluding hydrogens is 268 g/mol. The molecule has 4 rings (SSSR count). The molecule has 0 bridgehead atoms. The van der Waals surface area contributed by atoms with Crippen molar-refractivity contribution < 1.29 is 0 Å². The van der Waals surface area contributed by atoms with E-state index in [-0.39, 0.29) is 0 Å². The van der Waals surface area contributed by atoms with E-state index in [1.807, 2.05) is 0 Å². The molecule has 1 N–H and O–H groups in total. The van der Waals surface area contributed by atoms with Crippen molar-refractivity contribution in [2.75, 3.05) is 19.6 Å². The summed E-state index contributed by atoms with van der Waals surface area (Å²) in [6, 6.07) is 0.692. The summed E-state index contributed by atoms with van der Waals surface area (Å²) in [6.45, 7) is 4.64. The Morgan fingerprint density at radius 3 is 3.05 bits per heavy atom. The van der Waals surface area contributed by atoms with Gasteiger partial charge >= 0.3 is 0 Å². The zero-order valence-corrected chi connectivity index (χ0v) is 12.6. The van der Waals surface area contributed by atoms with Crippen molar-refractivity contribution in [2.45, 2.75) is 38.3 Å². The van der Waals surface area contributed by atoms with Crippen LogP contribution in [0.5, 0.6) is 0 Å². The van der Waals surface area contributed by atoms with Crippen molar-refractivity contribution in [1.82, 2.24) is 19.6 Å². The lowest BCUT2D eigenvalue weighted by molar-refractivity contribution is 0.229. The van der Waals surface area contributed by atoms with Crippen molar-refractivity contribution in [3.8, 4) is 0 Å². The summed E-state index contributed by atoms with van der Waals surface area (Å²) in [5.74, 6) is 0.945. The molecule has 1 saturated heterocycles. The normalized spacial score (nSPS) is 23.1. The molecule has 2 aromatic heterocycles. The summed E-state index contributed by atoms with van der Waals surface area (Å²) in [5.41, 5.74) is 1.22. The van der Waals surface area contributed by atoms with Gasteiger partial charge in [-0.2, -0.15) is 0 Å². The zero-order valence-electron chi connectivity index (χ0n) is 11.8. The first kappa shape index (κ1) is 12.8. The third-order valence-corrected chi connectivity index (χ3v) is 5.15. The zero-order chi connectivity index (χ0) is 13.4. The number of nitrogens with one attached hydrogen (secondary N) is 1. The molecule has 108 valence electrons. The van der Waals surface area contributed by atoms with Gasteiger partial charge in [-0.25, -0.2) is 4.98 Å². The van der Waals surface area contributed by atoms with E-state index < -0.39 is 0 Å². The van der Waals surface area contributed by atoms with Gasteiger partial charge in [0.1, 0.15) is 0 Å². The van der Waals surface area contributed by atoms with Crippen molar-refractivity contribution >= 4 is 16.3 Å². The lowest BCUT2D eigenvalue weighted by Gasteiger charge is -2.24. The largest absolute Gasteiger partial charge is 0.313 e. The van der Waals surface area contributed by atoms with E-state index in [0.717, 1.165) is 17.4 Å². The second-order valence-corrected chi connectivity index (χ2v) is 7.13. The number of hydrogen-bond acceptors (Lipinski definition) is 4. The maximum atomic E-state index is 4.73. The van der Waals surface area contributed by atoms with Crippen LogP contribution in [0.4, 0.5) is 0 Å². The first-order valence-electron chi connectivity index (χ1n) is 7.73. The quantitative estimate of drug-likeness (QED) is 0.886. The van der Waals surface area contributed by atoms with E-state index in [1.165, 1.54) is 51.0 Å². The Balaban J connectivity index is 1.43. The third kappa shape index (κ3) is 2.90. The molecule has 0 spiro atoms. The Labute approximate surface area is 123 Å². The first-order chi connectivity index (χ1) is 9.87.